The molecular formula is C34H34O4. The van der Waals surface area contributed by atoms with Crippen molar-refractivity contribution < 1.29 is 18.9 Å². The molecule has 4 atom stereocenters. The van der Waals surface area contributed by atoms with E-state index in [4.69, 9.17) is 18.9 Å². The van der Waals surface area contributed by atoms with Gasteiger partial charge < -0.3 is 18.9 Å². The molecule has 4 unspecified atom stereocenters. The van der Waals surface area contributed by atoms with Crippen molar-refractivity contribution in [1.29, 1.82) is 0 Å². The Morgan fingerprint density at radius 2 is 0.868 bits per heavy atom. The van der Waals surface area contributed by atoms with Crippen molar-refractivity contribution in [1.82, 2.24) is 0 Å². The first-order valence-electron chi connectivity index (χ1n) is 13.4. The van der Waals surface area contributed by atoms with Gasteiger partial charge in [-0.15, -0.1) is 0 Å². The van der Waals surface area contributed by atoms with E-state index in [0.29, 0.717) is 0 Å². The van der Waals surface area contributed by atoms with E-state index in [1.165, 1.54) is 11.1 Å². The minimum absolute atomic E-state index is 0.103. The van der Waals surface area contributed by atoms with Crippen molar-refractivity contribution in [2.24, 2.45) is 0 Å². The third-order valence-electron chi connectivity index (χ3n) is 7.39. The molecule has 0 spiro atoms. The molecule has 2 heterocycles. The second kappa shape index (κ2) is 10.3. The van der Waals surface area contributed by atoms with Gasteiger partial charge in [-0.2, -0.15) is 0 Å². The zero-order valence-corrected chi connectivity index (χ0v) is 22.4. The highest BCUT2D eigenvalue weighted by atomic mass is 16.6. The lowest BCUT2D eigenvalue weighted by Crippen LogP contribution is -2.15. The maximum atomic E-state index is 6.60. The van der Waals surface area contributed by atoms with Gasteiger partial charge in [0.15, 0.2) is 12.2 Å². The topological polar surface area (TPSA) is 43.5 Å². The fourth-order valence-electron chi connectivity index (χ4n) is 5.32. The predicted octanol–water partition coefficient (Wildman–Crippen LogP) is 7.63. The van der Waals surface area contributed by atoms with Crippen molar-refractivity contribution in [3.8, 4) is 22.6 Å². The Morgan fingerprint density at radius 3 is 1.16 bits per heavy atom. The summed E-state index contributed by atoms with van der Waals surface area (Å²) in [4.78, 5) is 0. The Hall–Kier alpha value is -3.60. The molecule has 38 heavy (non-hydrogen) atoms. The first kappa shape index (κ1) is 24.7. The van der Waals surface area contributed by atoms with Gasteiger partial charge in [0.25, 0.3) is 0 Å². The van der Waals surface area contributed by atoms with E-state index in [1.807, 2.05) is 12.1 Å². The van der Waals surface area contributed by atoms with Gasteiger partial charge in [-0.25, -0.2) is 0 Å². The van der Waals surface area contributed by atoms with Crippen LogP contribution in [0.2, 0.25) is 0 Å². The second-order valence-electron chi connectivity index (χ2n) is 10.5. The minimum Gasteiger partial charge on any atom is -0.482 e. The Morgan fingerprint density at radius 1 is 0.553 bits per heavy atom. The zero-order chi connectivity index (χ0) is 26.2. The van der Waals surface area contributed by atoms with Crippen LogP contribution in [0.25, 0.3) is 11.1 Å². The summed E-state index contributed by atoms with van der Waals surface area (Å²) in [5, 5.41) is 0. The minimum atomic E-state index is -0.103. The lowest BCUT2D eigenvalue weighted by Gasteiger charge is -2.23. The van der Waals surface area contributed by atoms with Gasteiger partial charge in [-0.1, -0.05) is 60.7 Å². The van der Waals surface area contributed by atoms with Crippen LogP contribution in [0, 0.1) is 27.7 Å². The third kappa shape index (κ3) is 5.20. The summed E-state index contributed by atoms with van der Waals surface area (Å²) in [5.41, 5.74) is 9.11. The largest absolute Gasteiger partial charge is 0.482 e. The number of hydrogen-bond acceptors (Lipinski definition) is 4. The molecule has 0 radical (unpaired) electrons. The van der Waals surface area contributed by atoms with Crippen molar-refractivity contribution in [2.75, 3.05) is 13.2 Å². The molecule has 0 bridgehead atoms. The fourth-order valence-corrected chi connectivity index (χ4v) is 5.32. The molecule has 2 saturated heterocycles. The molecule has 4 heteroatoms. The number of aryl methyl sites for hydroxylation is 4. The number of hydrogen-bond donors (Lipinski definition) is 0. The van der Waals surface area contributed by atoms with E-state index in [9.17, 15) is 0 Å². The van der Waals surface area contributed by atoms with Crippen molar-refractivity contribution in [2.45, 2.75) is 52.1 Å². The molecule has 0 aromatic heterocycles. The van der Waals surface area contributed by atoms with Gasteiger partial charge in [0.2, 0.25) is 0 Å². The molecule has 0 N–H and O–H groups in total. The van der Waals surface area contributed by atoms with E-state index in [-0.39, 0.29) is 24.4 Å². The van der Waals surface area contributed by atoms with E-state index in [2.05, 4.69) is 100 Å². The monoisotopic (exact) mass is 506 g/mol. The molecule has 194 valence electrons. The first-order valence-corrected chi connectivity index (χ1v) is 13.4. The van der Waals surface area contributed by atoms with Crippen molar-refractivity contribution in [3.05, 3.63) is 118 Å². The molecular weight excluding hydrogens is 472 g/mol. The highest BCUT2D eigenvalue weighted by molar-refractivity contribution is 5.70. The highest BCUT2D eigenvalue weighted by Gasteiger charge is 2.37. The van der Waals surface area contributed by atoms with Crippen LogP contribution in [-0.2, 0) is 9.47 Å². The summed E-state index contributed by atoms with van der Waals surface area (Å²) in [6.07, 6.45) is 0.00528. The van der Waals surface area contributed by atoms with Gasteiger partial charge in [-0.05, 0) is 96.5 Å². The molecule has 0 aliphatic carbocycles. The Labute approximate surface area is 225 Å². The van der Waals surface area contributed by atoms with E-state index >= 15 is 0 Å². The summed E-state index contributed by atoms with van der Waals surface area (Å²) in [5.74, 6) is 1.86. The lowest BCUT2D eigenvalue weighted by atomic mass is 9.96. The maximum absolute atomic E-state index is 6.60. The van der Waals surface area contributed by atoms with Crippen LogP contribution >= 0.6 is 0 Å². The molecule has 2 fully saturated rings. The standard InChI is InChI=1S/C34H34O4/c1-21-15-27(16-22(2)31(21)37-33(29-19-35-29)25-11-7-5-8-12-25)28-17-23(3)32(24(4)18-28)38-34(30-20-36-30)26-13-9-6-10-14-26/h5-18,29-30,33-34H,19-20H2,1-4H3. The average molecular weight is 507 g/mol. The number of rotatable bonds is 9. The molecule has 0 saturated carbocycles. The zero-order valence-electron chi connectivity index (χ0n) is 22.4. The summed E-state index contributed by atoms with van der Waals surface area (Å²) < 4.78 is 24.5. The van der Waals surface area contributed by atoms with Gasteiger partial charge in [-0.3, -0.25) is 0 Å². The summed E-state index contributed by atoms with van der Waals surface area (Å²) in [7, 11) is 0. The van der Waals surface area contributed by atoms with E-state index < -0.39 is 0 Å². The smallest absolute Gasteiger partial charge is 0.152 e. The molecule has 4 aromatic carbocycles. The van der Waals surface area contributed by atoms with Crippen molar-refractivity contribution in [3.63, 3.8) is 0 Å². The first-order chi connectivity index (χ1) is 18.5. The van der Waals surface area contributed by atoms with E-state index in [1.54, 1.807) is 0 Å². The van der Waals surface area contributed by atoms with Crippen LogP contribution in [0.5, 0.6) is 11.5 Å². The number of ether oxygens (including phenoxy) is 4. The lowest BCUT2D eigenvalue weighted by molar-refractivity contribution is 0.159. The van der Waals surface area contributed by atoms with Crippen LogP contribution in [0.15, 0.2) is 84.9 Å². The molecule has 4 nitrogen and oxygen atoms in total. The number of epoxide rings is 2. The highest BCUT2D eigenvalue weighted by Crippen LogP contribution is 2.40. The molecule has 0 amide bonds. The normalized spacial score (nSPS) is 19.5. The van der Waals surface area contributed by atoms with Gasteiger partial charge >= 0.3 is 0 Å². The summed E-state index contributed by atoms with van der Waals surface area (Å²) in [6, 6.07) is 29.6. The number of benzene rings is 4. The Bertz CT molecular complexity index is 1260. The SMILES string of the molecule is Cc1cc(-c2cc(C)c(OC(c3ccccc3)C3CO3)c(C)c2)cc(C)c1OC(c1ccccc1)C1CO1. The van der Waals surface area contributed by atoms with E-state index in [0.717, 1.165) is 58.1 Å². The fraction of sp³-hybridized carbons (Fsp3) is 0.294. The molecule has 6 rings (SSSR count). The van der Waals surface area contributed by atoms with Crippen LogP contribution in [-0.4, -0.2) is 25.4 Å². The van der Waals surface area contributed by atoms with Crippen LogP contribution in [0.4, 0.5) is 0 Å². The maximum Gasteiger partial charge on any atom is 0.152 e. The van der Waals surface area contributed by atoms with Crippen molar-refractivity contribution >= 4 is 0 Å². The third-order valence-corrected chi connectivity index (χ3v) is 7.39. The van der Waals surface area contributed by atoms with Crippen LogP contribution in [0.3, 0.4) is 0 Å². The van der Waals surface area contributed by atoms with Gasteiger partial charge in [0, 0.05) is 0 Å². The quantitative estimate of drug-likeness (QED) is 0.219. The predicted molar refractivity (Wildman–Crippen MR) is 150 cm³/mol. The Balaban J connectivity index is 1.27. The van der Waals surface area contributed by atoms with Crippen LogP contribution in [0.1, 0.15) is 45.6 Å². The molecule has 2 aliphatic heterocycles. The Kier molecular flexibility index (Phi) is 6.69. The van der Waals surface area contributed by atoms with Crippen LogP contribution < -0.4 is 9.47 Å². The van der Waals surface area contributed by atoms with Gasteiger partial charge in [0.1, 0.15) is 23.7 Å². The molecule has 4 aromatic rings. The summed E-state index contributed by atoms with van der Waals surface area (Å²) >= 11 is 0. The van der Waals surface area contributed by atoms with Gasteiger partial charge in [0.05, 0.1) is 13.2 Å². The average Bonchev–Trinajstić information content (AvgIpc) is 3.84. The second-order valence-corrected chi connectivity index (χ2v) is 10.5. The molecule has 2 aliphatic rings. The summed E-state index contributed by atoms with van der Waals surface area (Å²) in [6.45, 7) is 9.97.